The number of carbonyl (C=O) groups is 3. The molecule has 0 saturated heterocycles. The number of ketones is 1. The lowest BCUT2D eigenvalue weighted by Gasteiger charge is -2.32. The largest absolute Gasteiger partial charge is 0.465 e. The molecule has 1 aliphatic rings. The smallest absolute Gasteiger partial charge is 0.332 e. The normalized spacial score (nSPS) is 21.5. The molecule has 0 heterocycles. The van der Waals surface area contributed by atoms with Gasteiger partial charge in [-0.3, -0.25) is 9.59 Å². The zero-order chi connectivity index (χ0) is 23.8. The van der Waals surface area contributed by atoms with Gasteiger partial charge in [0.25, 0.3) is 0 Å². The van der Waals surface area contributed by atoms with Crippen molar-refractivity contribution in [3.8, 4) is 0 Å². The first-order valence-corrected chi connectivity index (χ1v) is 12.4. The monoisotopic (exact) mass is 456 g/mol. The maximum atomic E-state index is 13.0. The van der Waals surface area contributed by atoms with E-state index in [0.29, 0.717) is 38.9 Å². The molecule has 1 fully saturated rings. The van der Waals surface area contributed by atoms with Crippen LogP contribution >= 0.6 is 0 Å². The Kier molecular flexibility index (Phi) is 14.5. The standard InChI is InChI=1S/C25H44O7/c1-5-8-9-12-21(29-4)15-13-20-14-16-22(26)25(20,24(28)32-7-3)17-10-11-18-30-19-23(27)31-6-2/h20-21H,5-19H2,1-4H3. The summed E-state index contributed by atoms with van der Waals surface area (Å²) in [7, 11) is 1.74. The minimum absolute atomic E-state index is 0.00772. The SMILES string of the molecule is CCCCCC(CCC1CCC(=O)C1(CCCCOCC(=O)OCC)C(=O)OCC)OC. The van der Waals surface area contributed by atoms with Crippen LogP contribution in [0.2, 0.25) is 0 Å². The zero-order valence-electron chi connectivity index (χ0n) is 20.6. The number of Topliss-reactive ketones (excluding diaryl/α,β-unsaturated/α-hetero) is 1. The number of esters is 2. The summed E-state index contributed by atoms with van der Waals surface area (Å²) in [6, 6.07) is 0. The van der Waals surface area contributed by atoms with Crippen molar-refractivity contribution in [3.05, 3.63) is 0 Å². The molecule has 1 saturated carbocycles. The highest BCUT2D eigenvalue weighted by atomic mass is 16.6. The van der Waals surface area contributed by atoms with Gasteiger partial charge in [-0.05, 0) is 64.7 Å². The number of hydrogen-bond acceptors (Lipinski definition) is 7. The summed E-state index contributed by atoms with van der Waals surface area (Å²) < 4.78 is 21.3. The zero-order valence-corrected chi connectivity index (χ0v) is 20.6. The average molecular weight is 457 g/mol. The summed E-state index contributed by atoms with van der Waals surface area (Å²) >= 11 is 0. The number of methoxy groups -OCH3 is 1. The second kappa shape index (κ2) is 16.2. The van der Waals surface area contributed by atoms with Gasteiger partial charge >= 0.3 is 11.9 Å². The maximum Gasteiger partial charge on any atom is 0.332 e. The summed E-state index contributed by atoms with van der Waals surface area (Å²) in [6.45, 7) is 6.62. The second-order valence-corrected chi connectivity index (χ2v) is 8.60. The fourth-order valence-corrected chi connectivity index (χ4v) is 4.73. The molecule has 0 amide bonds. The summed E-state index contributed by atoms with van der Waals surface area (Å²) in [5.41, 5.74) is -1.06. The van der Waals surface area contributed by atoms with Crippen LogP contribution in [0.3, 0.4) is 0 Å². The van der Waals surface area contributed by atoms with Gasteiger partial charge in [0.2, 0.25) is 0 Å². The molecule has 7 nitrogen and oxygen atoms in total. The lowest BCUT2D eigenvalue weighted by Crippen LogP contribution is -2.42. The van der Waals surface area contributed by atoms with Gasteiger partial charge in [0.15, 0.2) is 0 Å². The molecule has 0 bridgehead atoms. The number of ether oxygens (including phenoxy) is 4. The fraction of sp³-hybridized carbons (Fsp3) is 0.880. The molecule has 0 aliphatic heterocycles. The van der Waals surface area contributed by atoms with Crippen molar-refractivity contribution < 1.29 is 33.3 Å². The molecule has 7 heteroatoms. The van der Waals surface area contributed by atoms with Crippen LogP contribution < -0.4 is 0 Å². The van der Waals surface area contributed by atoms with Crippen molar-refractivity contribution in [2.24, 2.45) is 11.3 Å². The predicted molar refractivity (Wildman–Crippen MR) is 122 cm³/mol. The lowest BCUT2D eigenvalue weighted by atomic mass is 9.71. The minimum atomic E-state index is -1.06. The maximum absolute atomic E-state index is 13.0. The highest BCUT2D eigenvalue weighted by Crippen LogP contribution is 2.48. The third kappa shape index (κ3) is 8.81. The fourth-order valence-electron chi connectivity index (χ4n) is 4.73. The third-order valence-corrected chi connectivity index (χ3v) is 6.49. The Hall–Kier alpha value is -1.47. The predicted octanol–water partition coefficient (Wildman–Crippen LogP) is 4.64. The second-order valence-electron chi connectivity index (χ2n) is 8.60. The van der Waals surface area contributed by atoms with E-state index in [-0.39, 0.29) is 43.0 Å². The van der Waals surface area contributed by atoms with E-state index in [2.05, 4.69) is 6.92 Å². The van der Waals surface area contributed by atoms with E-state index in [4.69, 9.17) is 18.9 Å². The van der Waals surface area contributed by atoms with Crippen molar-refractivity contribution in [2.45, 2.75) is 97.5 Å². The molecule has 0 aromatic rings. The first-order chi connectivity index (χ1) is 15.5. The van der Waals surface area contributed by atoms with Gasteiger partial charge in [-0.2, -0.15) is 0 Å². The Morgan fingerprint density at radius 2 is 1.78 bits per heavy atom. The summed E-state index contributed by atoms with van der Waals surface area (Å²) in [6.07, 6.45) is 9.24. The van der Waals surface area contributed by atoms with Crippen LogP contribution in [0.15, 0.2) is 0 Å². The van der Waals surface area contributed by atoms with Crippen LogP contribution in [0.5, 0.6) is 0 Å². The van der Waals surface area contributed by atoms with Crippen LogP contribution in [0.1, 0.15) is 91.4 Å². The molecule has 0 aromatic heterocycles. The molecule has 1 rings (SSSR count). The molecule has 32 heavy (non-hydrogen) atoms. The van der Waals surface area contributed by atoms with Gasteiger partial charge in [-0.25, -0.2) is 4.79 Å². The quantitative estimate of drug-likeness (QED) is 0.169. The number of carbonyl (C=O) groups excluding carboxylic acids is 3. The highest BCUT2D eigenvalue weighted by molar-refractivity contribution is 6.05. The Morgan fingerprint density at radius 3 is 2.44 bits per heavy atom. The third-order valence-electron chi connectivity index (χ3n) is 6.49. The van der Waals surface area contributed by atoms with Crippen LogP contribution in [0, 0.1) is 11.3 Å². The molecular weight excluding hydrogens is 412 g/mol. The van der Waals surface area contributed by atoms with Crippen LogP contribution in [0.4, 0.5) is 0 Å². The molecule has 0 radical (unpaired) electrons. The van der Waals surface area contributed by atoms with Gasteiger partial charge in [0.05, 0.1) is 19.3 Å². The minimum Gasteiger partial charge on any atom is -0.465 e. The molecular formula is C25H44O7. The van der Waals surface area contributed by atoms with E-state index in [1.54, 1.807) is 21.0 Å². The Balaban J connectivity index is 2.69. The van der Waals surface area contributed by atoms with E-state index in [1.807, 2.05) is 0 Å². The van der Waals surface area contributed by atoms with Crippen LogP contribution in [0.25, 0.3) is 0 Å². The molecule has 3 unspecified atom stereocenters. The Labute approximate surface area is 193 Å². The number of rotatable bonds is 18. The van der Waals surface area contributed by atoms with Crippen molar-refractivity contribution in [3.63, 3.8) is 0 Å². The van der Waals surface area contributed by atoms with Gasteiger partial charge in [-0.15, -0.1) is 0 Å². The van der Waals surface area contributed by atoms with Gasteiger partial charge < -0.3 is 18.9 Å². The first-order valence-electron chi connectivity index (χ1n) is 12.4. The Bertz CT molecular complexity index is 562. The number of unbranched alkanes of at least 4 members (excludes halogenated alkanes) is 3. The molecule has 0 N–H and O–H groups in total. The van der Waals surface area contributed by atoms with Crippen molar-refractivity contribution in [1.29, 1.82) is 0 Å². The van der Waals surface area contributed by atoms with E-state index in [1.165, 1.54) is 12.8 Å². The molecule has 1 aliphatic carbocycles. The molecule has 3 atom stereocenters. The summed E-state index contributed by atoms with van der Waals surface area (Å²) in [5, 5.41) is 0. The van der Waals surface area contributed by atoms with Gasteiger partial charge in [0.1, 0.15) is 17.8 Å². The number of hydrogen-bond donors (Lipinski definition) is 0. The topological polar surface area (TPSA) is 88.1 Å². The van der Waals surface area contributed by atoms with Crippen LogP contribution in [-0.4, -0.2) is 57.4 Å². The lowest BCUT2D eigenvalue weighted by molar-refractivity contribution is -0.162. The molecule has 0 spiro atoms. The summed E-state index contributed by atoms with van der Waals surface area (Å²) in [4.78, 5) is 37.4. The van der Waals surface area contributed by atoms with E-state index >= 15 is 0 Å². The van der Waals surface area contributed by atoms with Gasteiger partial charge in [-0.1, -0.05) is 26.2 Å². The average Bonchev–Trinajstić information content (AvgIpc) is 3.09. The molecule has 0 aromatic carbocycles. The van der Waals surface area contributed by atoms with Crippen molar-refractivity contribution in [2.75, 3.05) is 33.5 Å². The van der Waals surface area contributed by atoms with Crippen LogP contribution in [-0.2, 0) is 33.3 Å². The first kappa shape index (κ1) is 28.6. The molecule has 186 valence electrons. The van der Waals surface area contributed by atoms with E-state index < -0.39 is 5.41 Å². The van der Waals surface area contributed by atoms with Crippen molar-refractivity contribution in [1.82, 2.24) is 0 Å². The highest BCUT2D eigenvalue weighted by Gasteiger charge is 2.55. The van der Waals surface area contributed by atoms with Gasteiger partial charge in [0, 0.05) is 20.1 Å². The van der Waals surface area contributed by atoms with E-state index in [0.717, 1.165) is 32.1 Å². The summed E-state index contributed by atoms with van der Waals surface area (Å²) in [5.74, 6) is -0.764. The van der Waals surface area contributed by atoms with Crippen molar-refractivity contribution >= 4 is 17.7 Å². The van der Waals surface area contributed by atoms with E-state index in [9.17, 15) is 14.4 Å². The Morgan fingerprint density at radius 1 is 1.03 bits per heavy atom.